The lowest BCUT2D eigenvalue weighted by Crippen LogP contribution is -2.24. The van der Waals surface area contributed by atoms with Crippen LogP contribution in [0.2, 0.25) is 0 Å². The molecule has 0 radical (unpaired) electrons. The Labute approximate surface area is 126 Å². The summed E-state index contributed by atoms with van der Waals surface area (Å²) in [7, 11) is 1.69. The number of nitrogens with zero attached hydrogens (tertiary/aromatic N) is 2. The van der Waals surface area contributed by atoms with Crippen LogP contribution >= 0.6 is 23.1 Å². The number of thiophene rings is 1. The molecule has 2 aromatic rings. The maximum atomic E-state index is 12.8. The molecule has 2 aromatic heterocycles. The van der Waals surface area contributed by atoms with E-state index in [0.29, 0.717) is 13.2 Å². The predicted octanol–water partition coefficient (Wildman–Crippen LogP) is 2.71. The van der Waals surface area contributed by atoms with Gasteiger partial charge >= 0.3 is 0 Å². The molecule has 0 aromatic carbocycles. The van der Waals surface area contributed by atoms with Gasteiger partial charge in [-0.15, -0.1) is 11.3 Å². The topological polar surface area (TPSA) is 44.1 Å². The van der Waals surface area contributed by atoms with Crippen LogP contribution in [0.5, 0.6) is 0 Å². The second-order valence-corrected chi connectivity index (χ2v) is 6.80. The van der Waals surface area contributed by atoms with E-state index in [-0.39, 0.29) is 5.56 Å². The first kappa shape index (κ1) is 14.1. The van der Waals surface area contributed by atoms with E-state index in [0.717, 1.165) is 34.6 Å². The zero-order chi connectivity index (χ0) is 14.1. The van der Waals surface area contributed by atoms with Gasteiger partial charge in [-0.3, -0.25) is 9.36 Å². The van der Waals surface area contributed by atoms with Gasteiger partial charge in [0.25, 0.3) is 5.56 Å². The maximum Gasteiger partial charge on any atom is 0.263 e. The van der Waals surface area contributed by atoms with E-state index in [1.54, 1.807) is 30.2 Å². The minimum absolute atomic E-state index is 0.134. The molecular weight excluding hydrogens is 292 g/mol. The number of methoxy groups -OCH3 is 1. The van der Waals surface area contributed by atoms with Crippen molar-refractivity contribution >= 4 is 33.3 Å². The highest BCUT2D eigenvalue weighted by Gasteiger charge is 2.22. The molecule has 0 N–H and O–H groups in total. The predicted molar refractivity (Wildman–Crippen MR) is 84.2 cm³/mol. The second kappa shape index (κ2) is 5.87. The molecule has 0 spiro atoms. The maximum absolute atomic E-state index is 12.8. The highest BCUT2D eigenvalue weighted by atomic mass is 32.2. The van der Waals surface area contributed by atoms with E-state index < -0.39 is 0 Å². The Bertz CT molecular complexity index is 691. The minimum atomic E-state index is 0.134. The van der Waals surface area contributed by atoms with Crippen molar-refractivity contribution in [3.63, 3.8) is 0 Å². The summed E-state index contributed by atoms with van der Waals surface area (Å²) < 4.78 is 6.90. The van der Waals surface area contributed by atoms with Gasteiger partial charge in [0, 0.05) is 25.1 Å². The number of thioether (sulfide) groups is 1. The molecular formula is C14H18N2O2S2. The van der Waals surface area contributed by atoms with Crippen molar-refractivity contribution in [1.29, 1.82) is 0 Å². The van der Waals surface area contributed by atoms with Crippen molar-refractivity contribution in [1.82, 2.24) is 9.55 Å². The molecule has 3 rings (SSSR count). The third-order valence-corrected chi connectivity index (χ3v) is 5.57. The molecule has 0 atom stereocenters. The molecule has 2 heterocycles. The Balaban J connectivity index is 2.12. The summed E-state index contributed by atoms with van der Waals surface area (Å²) >= 11 is 3.25. The molecule has 0 saturated heterocycles. The van der Waals surface area contributed by atoms with Gasteiger partial charge in [0.05, 0.1) is 5.39 Å². The van der Waals surface area contributed by atoms with Crippen LogP contribution in [0.15, 0.2) is 9.95 Å². The Morgan fingerprint density at radius 2 is 2.30 bits per heavy atom. The molecule has 4 nitrogen and oxygen atoms in total. The molecule has 108 valence electrons. The summed E-state index contributed by atoms with van der Waals surface area (Å²) in [6.45, 7) is 1.34. The van der Waals surface area contributed by atoms with Crippen LogP contribution in [0.1, 0.15) is 23.3 Å². The fourth-order valence-electron chi connectivity index (χ4n) is 2.78. The number of fused-ring (bicyclic) bond motifs is 3. The van der Waals surface area contributed by atoms with Crippen LogP contribution in [0.25, 0.3) is 10.2 Å². The van der Waals surface area contributed by atoms with E-state index in [1.165, 1.54) is 16.9 Å². The standard InChI is InChI=1S/C14H18N2O2S2/c1-18-8-4-7-16-13(17)11-9-5-3-6-10(9)20-12(11)15-14(16)19-2/h3-8H2,1-2H3. The van der Waals surface area contributed by atoms with Gasteiger partial charge in [-0.05, 0) is 37.5 Å². The molecule has 0 aliphatic heterocycles. The zero-order valence-electron chi connectivity index (χ0n) is 11.8. The van der Waals surface area contributed by atoms with Gasteiger partial charge in [0.1, 0.15) is 4.83 Å². The number of rotatable bonds is 5. The number of aromatic nitrogens is 2. The molecule has 20 heavy (non-hydrogen) atoms. The van der Waals surface area contributed by atoms with Crippen molar-refractivity contribution in [2.75, 3.05) is 20.0 Å². The van der Waals surface area contributed by atoms with Crippen molar-refractivity contribution in [2.24, 2.45) is 0 Å². The molecule has 0 bridgehead atoms. The Morgan fingerprint density at radius 1 is 1.45 bits per heavy atom. The summed E-state index contributed by atoms with van der Waals surface area (Å²) in [5.41, 5.74) is 1.39. The minimum Gasteiger partial charge on any atom is -0.385 e. The van der Waals surface area contributed by atoms with Gasteiger partial charge in [-0.2, -0.15) is 0 Å². The highest BCUT2D eigenvalue weighted by molar-refractivity contribution is 7.98. The molecule has 1 aliphatic rings. The Hall–Kier alpha value is -0.850. The lowest BCUT2D eigenvalue weighted by atomic mass is 10.2. The lowest BCUT2D eigenvalue weighted by molar-refractivity contribution is 0.189. The van der Waals surface area contributed by atoms with Crippen LogP contribution < -0.4 is 5.56 Å². The van der Waals surface area contributed by atoms with Gasteiger partial charge in [-0.1, -0.05) is 11.8 Å². The monoisotopic (exact) mass is 310 g/mol. The number of hydrogen-bond donors (Lipinski definition) is 0. The van der Waals surface area contributed by atoms with Crippen LogP contribution in [-0.4, -0.2) is 29.5 Å². The fraction of sp³-hybridized carbons (Fsp3) is 0.571. The molecule has 0 amide bonds. The summed E-state index contributed by atoms with van der Waals surface area (Å²) in [6.07, 6.45) is 6.12. The summed E-state index contributed by atoms with van der Waals surface area (Å²) in [5.74, 6) is 0. The third-order valence-electron chi connectivity index (χ3n) is 3.70. The molecule has 1 aliphatic carbocycles. The fourth-order valence-corrected chi connectivity index (χ4v) is 4.66. The lowest BCUT2D eigenvalue weighted by Gasteiger charge is -2.10. The SMILES string of the molecule is COCCCn1c(SC)nc2sc3c(c2c1=O)CCC3. The van der Waals surface area contributed by atoms with Crippen molar-refractivity contribution in [3.05, 3.63) is 20.8 Å². The Kier molecular flexibility index (Phi) is 4.14. The first-order valence-corrected chi connectivity index (χ1v) is 8.88. The second-order valence-electron chi connectivity index (χ2n) is 4.94. The smallest absolute Gasteiger partial charge is 0.263 e. The average Bonchev–Trinajstić information content (AvgIpc) is 3.01. The number of hydrogen-bond acceptors (Lipinski definition) is 5. The van der Waals surface area contributed by atoms with E-state index in [2.05, 4.69) is 0 Å². The average molecular weight is 310 g/mol. The van der Waals surface area contributed by atoms with Crippen molar-refractivity contribution in [2.45, 2.75) is 37.4 Å². The van der Waals surface area contributed by atoms with Gasteiger partial charge < -0.3 is 4.74 Å². The number of aryl methyl sites for hydroxylation is 2. The van der Waals surface area contributed by atoms with E-state index in [4.69, 9.17) is 9.72 Å². The summed E-state index contributed by atoms with van der Waals surface area (Å²) in [4.78, 5) is 19.8. The normalized spacial score (nSPS) is 14.1. The largest absolute Gasteiger partial charge is 0.385 e. The van der Waals surface area contributed by atoms with Crippen molar-refractivity contribution < 1.29 is 4.74 Å². The van der Waals surface area contributed by atoms with Crippen LogP contribution in [0.4, 0.5) is 0 Å². The number of ether oxygens (including phenoxy) is 1. The highest BCUT2D eigenvalue weighted by Crippen LogP contribution is 2.35. The summed E-state index contributed by atoms with van der Waals surface area (Å²) in [6, 6.07) is 0. The molecule has 0 fully saturated rings. The van der Waals surface area contributed by atoms with Crippen LogP contribution in [0, 0.1) is 0 Å². The van der Waals surface area contributed by atoms with E-state index >= 15 is 0 Å². The third kappa shape index (κ3) is 2.29. The summed E-state index contributed by atoms with van der Waals surface area (Å²) in [5, 5.41) is 1.69. The first-order chi connectivity index (χ1) is 9.76. The Morgan fingerprint density at radius 3 is 3.05 bits per heavy atom. The van der Waals surface area contributed by atoms with Crippen molar-refractivity contribution in [3.8, 4) is 0 Å². The van der Waals surface area contributed by atoms with Gasteiger partial charge in [-0.25, -0.2) is 4.98 Å². The van der Waals surface area contributed by atoms with Crippen LogP contribution in [0.3, 0.4) is 0 Å². The van der Waals surface area contributed by atoms with E-state index in [9.17, 15) is 4.79 Å². The van der Waals surface area contributed by atoms with Gasteiger partial charge in [0.2, 0.25) is 0 Å². The zero-order valence-corrected chi connectivity index (χ0v) is 13.4. The molecule has 0 unspecified atom stereocenters. The molecule has 0 saturated carbocycles. The van der Waals surface area contributed by atoms with E-state index in [1.807, 2.05) is 10.8 Å². The first-order valence-electron chi connectivity index (χ1n) is 6.84. The van der Waals surface area contributed by atoms with Crippen LogP contribution in [-0.2, 0) is 24.1 Å². The van der Waals surface area contributed by atoms with Gasteiger partial charge in [0.15, 0.2) is 5.16 Å². The molecule has 6 heteroatoms. The quantitative estimate of drug-likeness (QED) is 0.484.